The second-order valence-electron chi connectivity index (χ2n) is 5.83. The molecular formula is C18H20N4O4. The fraction of sp³-hybridized carbons (Fsp3) is 0.333. The van der Waals surface area contributed by atoms with E-state index in [-0.39, 0.29) is 12.0 Å². The molecule has 1 aromatic carbocycles. The fourth-order valence-electron chi connectivity index (χ4n) is 2.56. The molecule has 1 aliphatic heterocycles. The number of ether oxygens (including phenoxy) is 2. The van der Waals surface area contributed by atoms with E-state index in [0.29, 0.717) is 29.3 Å². The van der Waals surface area contributed by atoms with Crippen LogP contribution >= 0.6 is 0 Å². The minimum Gasteiger partial charge on any atom is -0.465 e. The van der Waals surface area contributed by atoms with Gasteiger partial charge in [0.05, 0.1) is 24.3 Å². The van der Waals surface area contributed by atoms with Crippen LogP contribution in [0.25, 0.3) is 0 Å². The highest BCUT2D eigenvalue weighted by atomic mass is 16.5. The monoisotopic (exact) mass is 356 g/mol. The summed E-state index contributed by atoms with van der Waals surface area (Å²) in [4.78, 5) is 31.8. The van der Waals surface area contributed by atoms with E-state index in [1.165, 1.54) is 19.5 Å². The number of carbonyl (C=O) groups is 2. The molecule has 2 N–H and O–H groups in total. The largest absolute Gasteiger partial charge is 0.465 e. The number of aromatic nitrogens is 2. The van der Waals surface area contributed by atoms with Crippen molar-refractivity contribution < 1.29 is 19.1 Å². The minimum atomic E-state index is -0.397. The summed E-state index contributed by atoms with van der Waals surface area (Å²) >= 11 is 0. The van der Waals surface area contributed by atoms with Crippen LogP contribution < -0.4 is 10.6 Å². The van der Waals surface area contributed by atoms with Crippen LogP contribution in [0.15, 0.2) is 36.7 Å². The van der Waals surface area contributed by atoms with Crippen molar-refractivity contribution in [3.63, 3.8) is 0 Å². The lowest BCUT2D eigenvalue weighted by molar-refractivity contribution is 0.0600. The Bertz CT molecular complexity index is 756. The maximum atomic E-state index is 12.1. The zero-order valence-corrected chi connectivity index (χ0v) is 14.4. The molecule has 0 aliphatic carbocycles. The lowest BCUT2D eigenvalue weighted by atomic mass is 10.2. The topological polar surface area (TPSA) is 102 Å². The predicted octanol–water partition coefficient (Wildman–Crippen LogP) is 1.92. The number of hydrogen-bond donors (Lipinski definition) is 2. The molecule has 0 spiro atoms. The number of rotatable bonds is 6. The Morgan fingerprint density at radius 1 is 1.19 bits per heavy atom. The van der Waals surface area contributed by atoms with Crippen LogP contribution in [0.2, 0.25) is 0 Å². The van der Waals surface area contributed by atoms with Gasteiger partial charge in [0, 0.05) is 31.2 Å². The van der Waals surface area contributed by atoms with Gasteiger partial charge < -0.3 is 20.1 Å². The summed E-state index contributed by atoms with van der Waals surface area (Å²) in [5.74, 6) is -0.271. The number of esters is 1. The predicted molar refractivity (Wildman–Crippen MR) is 94.4 cm³/mol. The van der Waals surface area contributed by atoms with Gasteiger partial charge in [0.2, 0.25) is 5.95 Å². The van der Waals surface area contributed by atoms with Crippen molar-refractivity contribution in [1.29, 1.82) is 0 Å². The van der Waals surface area contributed by atoms with Crippen LogP contribution in [-0.2, 0) is 9.47 Å². The van der Waals surface area contributed by atoms with E-state index in [2.05, 4.69) is 25.3 Å². The molecule has 26 heavy (non-hydrogen) atoms. The van der Waals surface area contributed by atoms with E-state index < -0.39 is 5.97 Å². The third-order valence-electron chi connectivity index (χ3n) is 3.99. The molecule has 1 fully saturated rings. The number of hydrogen-bond acceptors (Lipinski definition) is 7. The van der Waals surface area contributed by atoms with E-state index in [1.807, 2.05) is 0 Å². The fourth-order valence-corrected chi connectivity index (χ4v) is 2.56. The number of methoxy groups -OCH3 is 1. The first-order chi connectivity index (χ1) is 12.7. The van der Waals surface area contributed by atoms with Gasteiger partial charge in [0.25, 0.3) is 5.91 Å². The standard InChI is InChI=1S/C18H20N4O4/c1-25-17(24)12-4-6-14(7-5-12)22-18-20-9-13(10-21-18)16(23)19-11-15-3-2-8-26-15/h4-7,9-10,15H,2-3,8,11H2,1H3,(H,19,23)(H,20,21,22). The molecule has 1 atom stereocenters. The molecule has 136 valence electrons. The molecule has 0 bridgehead atoms. The summed E-state index contributed by atoms with van der Waals surface area (Å²) in [6.07, 6.45) is 5.01. The van der Waals surface area contributed by atoms with Crippen LogP contribution in [0, 0.1) is 0 Å². The molecule has 3 rings (SSSR count). The lowest BCUT2D eigenvalue weighted by Crippen LogP contribution is -2.31. The maximum Gasteiger partial charge on any atom is 0.337 e. The molecule has 2 heterocycles. The Morgan fingerprint density at radius 2 is 1.92 bits per heavy atom. The summed E-state index contributed by atoms with van der Waals surface area (Å²) in [5, 5.41) is 5.83. The van der Waals surface area contributed by atoms with Crippen molar-refractivity contribution in [1.82, 2.24) is 15.3 Å². The lowest BCUT2D eigenvalue weighted by Gasteiger charge is -2.10. The van der Waals surface area contributed by atoms with Gasteiger partial charge in [-0.3, -0.25) is 4.79 Å². The molecule has 2 aromatic rings. The minimum absolute atomic E-state index is 0.0915. The van der Waals surface area contributed by atoms with E-state index in [9.17, 15) is 9.59 Å². The first-order valence-electron chi connectivity index (χ1n) is 8.33. The summed E-state index contributed by atoms with van der Waals surface area (Å²) < 4.78 is 10.1. The van der Waals surface area contributed by atoms with Crippen LogP contribution in [0.5, 0.6) is 0 Å². The Morgan fingerprint density at radius 3 is 2.54 bits per heavy atom. The summed E-state index contributed by atoms with van der Waals surface area (Å²) in [5.41, 5.74) is 1.56. The molecule has 1 unspecified atom stereocenters. The SMILES string of the molecule is COC(=O)c1ccc(Nc2ncc(C(=O)NCC3CCCO3)cn2)cc1. The third-order valence-corrected chi connectivity index (χ3v) is 3.99. The molecule has 1 aliphatic rings. The zero-order valence-electron chi connectivity index (χ0n) is 14.4. The van der Waals surface area contributed by atoms with Gasteiger partial charge >= 0.3 is 5.97 Å². The van der Waals surface area contributed by atoms with Crippen molar-refractivity contribution >= 4 is 23.5 Å². The normalized spacial score (nSPS) is 16.1. The first kappa shape index (κ1) is 17.8. The van der Waals surface area contributed by atoms with Gasteiger partial charge in [0.15, 0.2) is 0 Å². The molecule has 1 aromatic heterocycles. The average molecular weight is 356 g/mol. The number of benzene rings is 1. The smallest absolute Gasteiger partial charge is 0.337 e. The van der Waals surface area contributed by atoms with Gasteiger partial charge in [-0.2, -0.15) is 0 Å². The molecule has 8 heteroatoms. The first-order valence-corrected chi connectivity index (χ1v) is 8.33. The Kier molecular flexibility index (Phi) is 5.75. The number of carbonyl (C=O) groups excluding carboxylic acids is 2. The van der Waals surface area contributed by atoms with Gasteiger partial charge in [-0.25, -0.2) is 14.8 Å². The van der Waals surface area contributed by atoms with Crippen LogP contribution in [0.3, 0.4) is 0 Å². The van der Waals surface area contributed by atoms with Gasteiger partial charge in [-0.05, 0) is 37.1 Å². The number of amides is 1. The third kappa shape index (κ3) is 4.54. The Labute approximate surface area is 150 Å². The van der Waals surface area contributed by atoms with Crippen LogP contribution in [-0.4, -0.2) is 48.2 Å². The molecular weight excluding hydrogens is 336 g/mol. The van der Waals surface area contributed by atoms with E-state index in [0.717, 1.165) is 19.4 Å². The molecule has 1 amide bonds. The van der Waals surface area contributed by atoms with Crippen LogP contribution in [0.1, 0.15) is 33.6 Å². The summed E-state index contributed by atoms with van der Waals surface area (Å²) in [6.45, 7) is 1.25. The highest BCUT2D eigenvalue weighted by Gasteiger charge is 2.17. The summed E-state index contributed by atoms with van der Waals surface area (Å²) in [7, 11) is 1.33. The van der Waals surface area contributed by atoms with Crippen molar-refractivity contribution in [3.8, 4) is 0 Å². The van der Waals surface area contributed by atoms with Crippen molar-refractivity contribution in [2.45, 2.75) is 18.9 Å². The second-order valence-corrected chi connectivity index (χ2v) is 5.83. The summed E-state index contributed by atoms with van der Waals surface area (Å²) in [6, 6.07) is 6.72. The Hall–Kier alpha value is -3.00. The molecule has 8 nitrogen and oxygen atoms in total. The number of nitrogens with zero attached hydrogens (tertiary/aromatic N) is 2. The van der Waals surface area contributed by atoms with Crippen molar-refractivity contribution in [2.24, 2.45) is 0 Å². The Balaban J connectivity index is 1.55. The molecule has 0 radical (unpaired) electrons. The highest BCUT2D eigenvalue weighted by molar-refractivity contribution is 5.93. The maximum absolute atomic E-state index is 12.1. The number of nitrogens with one attached hydrogen (secondary N) is 2. The number of anilines is 2. The van der Waals surface area contributed by atoms with Gasteiger partial charge in [0.1, 0.15) is 0 Å². The van der Waals surface area contributed by atoms with Gasteiger partial charge in [-0.15, -0.1) is 0 Å². The zero-order chi connectivity index (χ0) is 18.4. The molecule has 1 saturated heterocycles. The van der Waals surface area contributed by atoms with E-state index in [1.54, 1.807) is 24.3 Å². The highest BCUT2D eigenvalue weighted by Crippen LogP contribution is 2.15. The van der Waals surface area contributed by atoms with E-state index in [4.69, 9.17) is 4.74 Å². The van der Waals surface area contributed by atoms with Gasteiger partial charge in [-0.1, -0.05) is 0 Å². The van der Waals surface area contributed by atoms with E-state index >= 15 is 0 Å². The second kappa shape index (κ2) is 8.39. The van der Waals surface area contributed by atoms with Crippen LogP contribution in [0.4, 0.5) is 11.6 Å². The molecule has 0 saturated carbocycles. The quantitative estimate of drug-likeness (QED) is 0.762. The van der Waals surface area contributed by atoms with Crippen molar-refractivity contribution in [3.05, 3.63) is 47.8 Å². The average Bonchev–Trinajstić information content (AvgIpc) is 3.20. The van der Waals surface area contributed by atoms with Crippen molar-refractivity contribution in [2.75, 3.05) is 25.6 Å².